The zero-order valence-corrected chi connectivity index (χ0v) is 18.1. The molecule has 3 aliphatic rings. The number of nitrogens with one attached hydrogen (secondary N) is 1. The molecule has 0 radical (unpaired) electrons. The van der Waals surface area contributed by atoms with Crippen LogP contribution in [-0.2, 0) is 16.1 Å². The Morgan fingerprint density at radius 3 is 2.24 bits per heavy atom. The van der Waals surface area contributed by atoms with Crippen molar-refractivity contribution in [2.45, 2.75) is 31.5 Å². The van der Waals surface area contributed by atoms with Gasteiger partial charge in [0.1, 0.15) is 41.4 Å². The summed E-state index contributed by atoms with van der Waals surface area (Å²) in [6, 6.07) is 8.22. The van der Waals surface area contributed by atoms with Gasteiger partial charge in [-0.15, -0.1) is 0 Å². The Morgan fingerprint density at radius 1 is 1.03 bits per heavy atom. The van der Waals surface area contributed by atoms with Gasteiger partial charge in [-0.3, -0.25) is 14.5 Å². The van der Waals surface area contributed by atoms with Crippen molar-refractivity contribution >= 4 is 11.8 Å². The molecule has 0 spiro atoms. The number of nitrogens with zero attached hydrogens (tertiary/aromatic N) is 2. The van der Waals surface area contributed by atoms with E-state index in [9.17, 15) is 22.8 Å². The first-order valence-electron chi connectivity index (χ1n) is 10.2. The summed E-state index contributed by atoms with van der Waals surface area (Å²) in [5, 5.41) is 8.99. The number of carbonyl (C=O) groups is 2. The SMILES string of the molecule is N#Cc1cc(F)c([C@H]2[C@H]3C(=O)N(Cc4ccc(F)cc4)C(=O)[C@H]3[C@@H]3CCC[NH+]32)c(F)c1.O.[Cl-]. The number of amides is 2. The molecule has 0 saturated carbocycles. The third-order valence-electron chi connectivity index (χ3n) is 6.91. The van der Waals surface area contributed by atoms with Crippen LogP contribution in [-0.4, -0.2) is 34.8 Å². The highest BCUT2D eigenvalue weighted by Crippen LogP contribution is 2.45. The van der Waals surface area contributed by atoms with Crippen LogP contribution < -0.4 is 17.3 Å². The fraction of sp³-hybridized carbons (Fsp3) is 0.348. The molecule has 174 valence electrons. The largest absolute Gasteiger partial charge is 1.00 e. The highest BCUT2D eigenvalue weighted by Gasteiger charge is 2.67. The summed E-state index contributed by atoms with van der Waals surface area (Å²) in [6.07, 6.45) is 1.51. The van der Waals surface area contributed by atoms with E-state index in [-0.39, 0.29) is 47.5 Å². The third kappa shape index (κ3) is 3.78. The van der Waals surface area contributed by atoms with E-state index in [2.05, 4.69) is 0 Å². The van der Waals surface area contributed by atoms with Gasteiger partial charge in [-0.05, 0) is 29.8 Å². The molecule has 5 atom stereocenters. The molecule has 33 heavy (non-hydrogen) atoms. The van der Waals surface area contributed by atoms with Crippen molar-refractivity contribution in [1.29, 1.82) is 5.26 Å². The molecule has 0 bridgehead atoms. The van der Waals surface area contributed by atoms with Gasteiger partial charge in [-0.25, -0.2) is 13.2 Å². The van der Waals surface area contributed by atoms with E-state index in [0.29, 0.717) is 18.5 Å². The average molecular weight is 480 g/mol. The summed E-state index contributed by atoms with van der Waals surface area (Å²) < 4.78 is 43.1. The van der Waals surface area contributed by atoms with Crippen LogP contribution in [0.5, 0.6) is 0 Å². The maximum absolute atomic E-state index is 14.9. The minimum atomic E-state index is -0.863. The Balaban J connectivity index is 0.00000153. The Kier molecular flexibility index (Phi) is 6.84. The van der Waals surface area contributed by atoms with E-state index in [0.717, 1.165) is 28.4 Å². The Labute approximate surface area is 194 Å². The number of imide groups is 1. The van der Waals surface area contributed by atoms with Crippen LogP contribution in [0.15, 0.2) is 36.4 Å². The maximum Gasteiger partial charge on any atom is 0.240 e. The number of fused-ring (bicyclic) bond motifs is 3. The molecule has 3 saturated heterocycles. The minimum Gasteiger partial charge on any atom is -1.00 e. The molecule has 0 aromatic heterocycles. The first kappa shape index (κ1) is 24.7. The number of rotatable bonds is 3. The minimum absolute atomic E-state index is 0. The molecule has 0 aliphatic carbocycles. The standard InChI is InChI=1S/C23H18F3N3O2.ClH.H2O/c24-14-5-3-12(4-6-14)11-29-22(30)19-17-2-1-7-28(17)21(20(19)23(29)31)18-15(25)8-13(10-27)9-16(18)26;;/h3-6,8-9,17,19-21H,1-2,7,11H2;1H;1H2/t17-,19-,20-,21-;;/m0../s1. The molecule has 1 unspecified atom stereocenters. The van der Waals surface area contributed by atoms with Crippen LogP contribution in [0.3, 0.4) is 0 Å². The number of quaternary nitrogens is 1. The van der Waals surface area contributed by atoms with Crippen molar-refractivity contribution in [2.24, 2.45) is 11.8 Å². The molecule has 3 aliphatic heterocycles. The van der Waals surface area contributed by atoms with Crippen molar-refractivity contribution in [3.8, 4) is 6.07 Å². The summed E-state index contributed by atoms with van der Waals surface area (Å²) in [5.74, 6) is -4.42. The van der Waals surface area contributed by atoms with Gasteiger partial charge in [0.25, 0.3) is 0 Å². The van der Waals surface area contributed by atoms with E-state index in [1.54, 1.807) is 6.07 Å². The van der Waals surface area contributed by atoms with Crippen LogP contribution in [0.1, 0.15) is 35.6 Å². The molecule has 5 rings (SSSR count). The second kappa shape index (κ2) is 9.14. The molecule has 2 aromatic carbocycles. The van der Waals surface area contributed by atoms with Gasteiger partial charge in [0, 0.05) is 12.8 Å². The zero-order chi connectivity index (χ0) is 21.9. The van der Waals surface area contributed by atoms with E-state index in [4.69, 9.17) is 5.26 Å². The molecule has 2 aromatic rings. The molecule has 6 nitrogen and oxygen atoms in total. The Hall–Kier alpha value is -2.93. The molecule has 3 N–H and O–H groups in total. The molecule has 3 heterocycles. The van der Waals surface area contributed by atoms with Gasteiger partial charge >= 0.3 is 0 Å². The van der Waals surface area contributed by atoms with Gasteiger partial charge in [-0.2, -0.15) is 5.26 Å². The Bertz CT molecular complexity index is 1120. The van der Waals surface area contributed by atoms with Crippen molar-refractivity contribution in [3.63, 3.8) is 0 Å². The van der Waals surface area contributed by atoms with Gasteiger partial charge in [-0.1, -0.05) is 12.1 Å². The van der Waals surface area contributed by atoms with Gasteiger partial charge in [0.15, 0.2) is 0 Å². The summed E-state index contributed by atoms with van der Waals surface area (Å²) >= 11 is 0. The second-order valence-corrected chi connectivity index (χ2v) is 8.46. The molecule has 2 amide bonds. The predicted molar refractivity (Wildman–Crippen MR) is 105 cm³/mol. The molecule has 3 fully saturated rings. The molecular weight excluding hydrogens is 459 g/mol. The van der Waals surface area contributed by atoms with Crippen LogP contribution in [0, 0.1) is 40.6 Å². The number of likely N-dealkylation sites (tertiary alicyclic amines) is 1. The molecule has 10 heteroatoms. The van der Waals surface area contributed by atoms with E-state index in [1.165, 1.54) is 24.3 Å². The smallest absolute Gasteiger partial charge is 0.240 e. The van der Waals surface area contributed by atoms with E-state index in [1.807, 2.05) is 0 Å². The van der Waals surface area contributed by atoms with Crippen LogP contribution in [0.4, 0.5) is 13.2 Å². The maximum atomic E-state index is 14.9. The quantitative estimate of drug-likeness (QED) is 0.519. The number of carbonyl (C=O) groups excluding carboxylic acids is 2. The van der Waals surface area contributed by atoms with Crippen molar-refractivity contribution in [2.75, 3.05) is 6.54 Å². The van der Waals surface area contributed by atoms with Gasteiger partial charge in [0.2, 0.25) is 11.8 Å². The van der Waals surface area contributed by atoms with E-state index >= 15 is 0 Å². The number of nitriles is 1. The highest BCUT2D eigenvalue weighted by molar-refractivity contribution is 6.06. The van der Waals surface area contributed by atoms with Crippen LogP contribution in [0.2, 0.25) is 0 Å². The summed E-state index contributed by atoms with van der Waals surface area (Å²) in [4.78, 5) is 28.6. The summed E-state index contributed by atoms with van der Waals surface area (Å²) in [7, 11) is 0. The summed E-state index contributed by atoms with van der Waals surface area (Å²) in [6.45, 7) is 0.623. The third-order valence-corrected chi connectivity index (χ3v) is 6.91. The van der Waals surface area contributed by atoms with Crippen molar-refractivity contribution < 1.29 is 45.5 Å². The number of halogens is 4. The predicted octanol–water partition coefficient (Wildman–Crippen LogP) is -1.94. The van der Waals surface area contributed by atoms with Crippen LogP contribution in [0.25, 0.3) is 0 Å². The lowest BCUT2D eigenvalue weighted by molar-refractivity contribution is -0.932. The van der Waals surface area contributed by atoms with E-state index < -0.39 is 41.2 Å². The topological polar surface area (TPSA) is 97.1 Å². The first-order valence-corrected chi connectivity index (χ1v) is 10.2. The van der Waals surface area contributed by atoms with Crippen LogP contribution >= 0.6 is 0 Å². The lowest BCUT2D eigenvalue weighted by Crippen LogP contribution is -3.12. The molecular formula is C23H21ClF3N3O3. The normalized spacial score (nSPS) is 27.5. The van der Waals surface area contributed by atoms with Crippen molar-refractivity contribution in [3.05, 3.63) is 70.5 Å². The monoisotopic (exact) mass is 479 g/mol. The average Bonchev–Trinajstić information content (AvgIpc) is 3.38. The van der Waals surface area contributed by atoms with Gasteiger partial charge < -0.3 is 22.8 Å². The fourth-order valence-corrected chi connectivity index (χ4v) is 5.71. The highest BCUT2D eigenvalue weighted by atomic mass is 35.5. The lowest BCUT2D eigenvalue weighted by Gasteiger charge is -2.27. The zero-order valence-electron chi connectivity index (χ0n) is 17.3. The Morgan fingerprint density at radius 2 is 1.64 bits per heavy atom. The lowest BCUT2D eigenvalue weighted by atomic mass is 9.84. The fourth-order valence-electron chi connectivity index (χ4n) is 5.71. The van der Waals surface area contributed by atoms with Crippen molar-refractivity contribution in [1.82, 2.24) is 4.90 Å². The number of hydrogen-bond donors (Lipinski definition) is 1. The number of benzene rings is 2. The summed E-state index contributed by atoms with van der Waals surface area (Å²) in [5.41, 5.74) is 0.247. The second-order valence-electron chi connectivity index (χ2n) is 8.46. The number of hydrogen-bond acceptors (Lipinski definition) is 3. The van der Waals surface area contributed by atoms with Gasteiger partial charge in [0.05, 0.1) is 30.3 Å². The first-order chi connectivity index (χ1) is 14.9.